The van der Waals surface area contributed by atoms with Crippen molar-refractivity contribution in [2.45, 2.75) is 37.7 Å². The smallest absolute Gasteiger partial charge is 0.119 e. The maximum absolute atomic E-state index is 6.05. The monoisotopic (exact) mass is 260 g/mol. The Bertz CT molecular complexity index is 378. The summed E-state index contributed by atoms with van der Waals surface area (Å²) in [6, 6.07) is 8.82. The SMILES string of the molecule is c1cc(C2CCNCC2)ccc1OC1CCNCC1. The Kier molecular flexibility index (Phi) is 4.36. The first-order chi connectivity index (χ1) is 9.42. The minimum atomic E-state index is 0.394. The summed E-state index contributed by atoms with van der Waals surface area (Å²) in [6.07, 6.45) is 5.15. The minimum Gasteiger partial charge on any atom is -0.490 e. The van der Waals surface area contributed by atoms with Gasteiger partial charge in [-0.1, -0.05) is 12.1 Å². The highest BCUT2D eigenvalue weighted by molar-refractivity contribution is 5.30. The fourth-order valence-corrected chi connectivity index (χ4v) is 3.08. The summed E-state index contributed by atoms with van der Waals surface area (Å²) >= 11 is 0. The van der Waals surface area contributed by atoms with Crippen molar-refractivity contribution >= 4 is 0 Å². The van der Waals surface area contributed by atoms with E-state index in [-0.39, 0.29) is 0 Å². The molecule has 0 bridgehead atoms. The van der Waals surface area contributed by atoms with E-state index in [1.54, 1.807) is 0 Å². The van der Waals surface area contributed by atoms with Gasteiger partial charge in [-0.15, -0.1) is 0 Å². The largest absolute Gasteiger partial charge is 0.490 e. The third-order valence-corrected chi connectivity index (χ3v) is 4.28. The Morgan fingerprint density at radius 3 is 2.00 bits per heavy atom. The van der Waals surface area contributed by atoms with E-state index in [4.69, 9.17) is 4.74 Å². The predicted molar refractivity (Wildman–Crippen MR) is 77.8 cm³/mol. The molecule has 1 aromatic carbocycles. The van der Waals surface area contributed by atoms with Crippen LogP contribution in [0.15, 0.2) is 24.3 Å². The fraction of sp³-hybridized carbons (Fsp3) is 0.625. The van der Waals surface area contributed by atoms with Crippen LogP contribution in [0.2, 0.25) is 0 Å². The molecule has 2 aliphatic rings. The van der Waals surface area contributed by atoms with Crippen molar-refractivity contribution in [2.24, 2.45) is 0 Å². The minimum absolute atomic E-state index is 0.394. The van der Waals surface area contributed by atoms with Gasteiger partial charge in [0.2, 0.25) is 0 Å². The van der Waals surface area contributed by atoms with Crippen LogP contribution in [0.25, 0.3) is 0 Å². The number of rotatable bonds is 3. The molecule has 2 fully saturated rings. The second kappa shape index (κ2) is 6.40. The second-order valence-electron chi connectivity index (χ2n) is 5.66. The molecule has 19 heavy (non-hydrogen) atoms. The molecule has 104 valence electrons. The molecule has 0 radical (unpaired) electrons. The molecular formula is C16H24N2O. The van der Waals surface area contributed by atoms with Crippen LogP contribution in [0.5, 0.6) is 5.75 Å². The van der Waals surface area contributed by atoms with Crippen molar-refractivity contribution in [2.75, 3.05) is 26.2 Å². The molecule has 0 amide bonds. The molecule has 2 aliphatic heterocycles. The molecule has 1 aromatic rings. The van der Waals surface area contributed by atoms with Crippen LogP contribution < -0.4 is 15.4 Å². The molecule has 2 saturated heterocycles. The van der Waals surface area contributed by atoms with E-state index in [0.717, 1.165) is 50.7 Å². The molecule has 3 rings (SSSR count). The highest BCUT2D eigenvalue weighted by Crippen LogP contribution is 2.27. The van der Waals surface area contributed by atoms with Gasteiger partial charge in [0.05, 0.1) is 0 Å². The van der Waals surface area contributed by atoms with Crippen LogP contribution >= 0.6 is 0 Å². The lowest BCUT2D eigenvalue weighted by atomic mass is 9.90. The molecule has 0 aromatic heterocycles. The second-order valence-corrected chi connectivity index (χ2v) is 5.66. The highest BCUT2D eigenvalue weighted by atomic mass is 16.5. The summed E-state index contributed by atoms with van der Waals surface area (Å²) < 4.78 is 6.05. The molecule has 0 aliphatic carbocycles. The highest BCUT2D eigenvalue weighted by Gasteiger charge is 2.16. The standard InChI is InChI=1S/C16H24N2O/c1-3-15(19-16-7-11-18-12-8-16)4-2-13(1)14-5-9-17-10-6-14/h1-4,14,16-18H,5-12H2. The van der Waals surface area contributed by atoms with Crippen molar-refractivity contribution in [1.82, 2.24) is 10.6 Å². The average Bonchev–Trinajstić information content (AvgIpc) is 2.50. The number of ether oxygens (including phenoxy) is 1. The van der Waals surface area contributed by atoms with Gasteiger partial charge in [0.15, 0.2) is 0 Å². The Morgan fingerprint density at radius 1 is 0.789 bits per heavy atom. The molecule has 3 nitrogen and oxygen atoms in total. The molecule has 2 N–H and O–H groups in total. The Morgan fingerprint density at radius 2 is 1.37 bits per heavy atom. The number of piperidine rings is 2. The first kappa shape index (κ1) is 12.9. The summed E-state index contributed by atoms with van der Waals surface area (Å²) in [6.45, 7) is 4.46. The van der Waals surface area contributed by atoms with Gasteiger partial charge in [-0.25, -0.2) is 0 Å². The summed E-state index contributed by atoms with van der Waals surface area (Å²) in [7, 11) is 0. The lowest BCUT2D eigenvalue weighted by Crippen LogP contribution is -2.34. The molecular weight excluding hydrogens is 236 g/mol. The third kappa shape index (κ3) is 3.48. The van der Waals surface area contributed by atoms with Gasteiger partial charge in [0.25, 0.3) is 0 Å². The first-order valence-electron chi connectivity index (χ1n) is 7.60. The van der Waals surface area contributed by atoms with Crippen molar-refractivity contribution in [1.29, 1.82) is 0 Å². The maximum Gasteiger partial charge on any atom is 0.119 e. The van der Waals surface area contributed by atoms with Crippen LogP contribution in [-0.2, 0) is 0 Å². The van der Waals surface area contributed by atoms with Crippen molar-refractivity contribution in [3.05, 3.63) is 29.8 Å². The predicted octanol–water partition coefficient (Wildman–Crippen LogP) is 2.28. The fourth-order valence-electron chi connectivity index (χ4n) is 3.08. The normalized spacial score (nSPS) is 22.3. The van der Waals surface area contributed by atoms with E-state index < -0.39 is 0 Å². The van der Waals surface area contributed by atoms with Gasteiger partial charge >= 0.3 is 0 Å². The number of hydrogen-bond donors (Lipinski definition) is 2. The molecule has 3 heteroatoms. The zero-order chi connectivity index (χ0) is 12.9. The number of benzene rings is 1. The van der Waals surface area contributed by atoms with E-state index in [0.29, 0.717) is 6.10 Å². The first-order valence-corrected chi connectivity index (χ1v) is 7.60. The number of hydrogen-bond acceptors (Lipinski definition) is 3. The lowest BCUT2D eigenvalue weighted by molar-refractivity contribution is 0.162. The Balaban J connectivity index is 1.58. The van der Waals surface area contributed by atoms with Gasteiger partial charge in [-0.3, -0.25) is 0 Å². The summed E-state index contributed by atoms with van der Waals surface area (Å²) in [4.78, 5) is 0. The van der Waals surface area contributed by atoms with Gasteiger partial charge < -0.3 is 15.4 Å². The molecule has 0 saturated carbocycles. The summed E-state index contributed by atoms with van der Waals surface area (Å²) in [5.74, 6) is 1.76. The van der Waals surface area contributed by atoms with Gasteiger partial charge in [-0.05, 0) is 75.5 Å². The third-order valence-electron chi connectivity index (χ3n) is 4.28. The lowest BCUT2D eigenvalue weighted by Gasteiger charge is -2.25. The molecule has 0 atom stereocenters. The van der Waals surface area contributed by atoms with Crippen molar-refractivity contribution < 1.29 is 4.74 Å². The van der Waals surface area contributed by atoms with Crippen LogP contribution in [0.1, 0.15) is 37.2 Å². The van der Waals surface area contributed by atoms with Crippen LogP contribution in [-0.4, -0.2) is 32.3 Å². The van der Waals surface area contributed by atoms with Gasteiger partial charge in [0, 0.05) is 0 Å². The summed E-state index contributed by atoms with van der Waals surface area (Å²) in [5.41, 5.74) is 1.47. The van der Waals surface area contributed by atoms with Crippen molar-refractivity contribution in [3.63, 3.8) is 0 Å². The average molecular weight is 260 g/mol. The topological polar surface area (TPSA) is 33.3 Å². The van der Waals surface area contributed by atoms with Crippen LogP contribution in [0.4, 0.5) is 0 Å². The maximum atomic E-state index is 6.05. The van der Waals surface area contributed by atoms with E-state index in [1.165, 1.54) is 18.4 Å². The van der Waals surface area contributed by atoms with E-state index >= 15 is 0 Å². The summed E-state index contributed by atoms with van der Waals surface area (Å²) in [5, 5.41) is 6.79. The van der Waals surface area contributed by atoms with Gasteiger partial charge in [-0.2, -0.15) is 0 Å². The van der Waals surface area contributed by atoms with Crippen molar-refractivity contribution in [3.8, 4) is 5.75 Å². The zero-order valence-corrected chi connectivity index (χ0v) is 11.5. The van der Waals surface area contributed by atoms with Crippen LogP contribution in [0.3, 0.4) is 0 Å². The van der Waals surface area contributed by atoms with E-state index in [1.807, 2.05) is 0 Å². The number of nitrogens with one attached hydrogen (secondary N) is 2. The van der Waals surface area contributed by atoms with E-state index in [2.05, 4.69) is 34.9 Å². The Hall–Kier alpha value is -1.06. The van der Waals surface area contributed by atoms with E-state index in [9.17, 15) is 0 Å². The van der Waals surface area contributed by atoms with Gasteiger partial charge in [0.1, 0.15) is 11.9 Å². The molecule has 0 spiro atoms. The Labute approximate surface area is 115 Å². The zero-order valence-electron chi connectivity index (χ0n) is 11.5. The molecule has 2 heterocycles. The van der Waals surface area contributed by atoms with Crippen LogP contribution in [0, 0.1) is 0 Å². The quantitative estimate of drug-likeness (QED) is 0.875. The molecule has 0 unspecified atom stereocenters.